The fourth-order valence-corrected chi connectivity index (χ4v) is 3.73. The summed E-state index contributed by atoms with van der Waals surface area (Å²) in [5.41, 5.74) is 3.10. The molecule has 2 aromatic carbocycles. The van der Waals surface area contributed by atoms with Crippen molar-refractivity contribution in [2.45, 2.75) is 38.6 Å². The minimum Gasteiger partial charge on any atom is -0.338 e. The van der Waals surface area contributed by atoms with Crippen molar-refractivity contribution in [2.24, 2.45) is 5.92 Å². The van der Waals surface area contributed by atoms with Gasteiger partial charge >= 0.3 is 0 Å². The number of aryl methyl sites for hydroxylation is 1. The van der Waals surface area contributed by atoms with Crippen LogP contribution in [0.4, 0.5) is 4.39 Å². The highest BCUT2D eigenvalue weighted by atomic mass is 19.1. The Morgan fingerprint density at radius 2 is 1.70 bits per heavy atom. The van der Waals surface area contributed by atoms with E-state index in [9.17, 15) is 9.18 Å². The zero-order chi connectivity index (χ0) is 18.8. The van der Waals surface area contributed by atoms with Crippen molar-refractivity contribution >= 4 is 5.91 Å². The van der Waals surface area contributed by atoms with E-state index in [-0.39, 0.29) is 11.5 Å². The maximum Gasteiger partial charge on any atom is 0.256 e. The molecule has 3 nitrogen and oxygen atoms in total. The van der Waals surface area contributed by atoms with E-state index in [2.05, 4.69) is 5.32 Å². The van der Waals surface area contributed by atoms with Crippen molar-refractivity contribution in [3.05, 3.63) is 59.4 Å². The molecule has 0 unspecified atom stereocenters. The van der Waals surface area contributed by atoms with E-state index >= 15 is 0 Å². The number of nitrogens with one attached hydrogen (secondary N) is 1. The second-order valence-electron chi connectivity index (χ2n) is 7.98. The van der Waals surface area contributed by atoms with Crippen LogP contribution in [-0.4, -0.2) is 36.5 Å². The largest absolute Gasteiger partial charge is 0.338 e. The summed E-state index contributed by atoms with van der Waals surface area (Å²) >= 11 is 0. The average Bonchev–Trinajstić information content (AvgIpc) is 3.51. The lowest BCUT2D eigenvalue weighted by atomic mass is 10.0. The molecule has 1 aliphatic carbocycles. The minimum atomic E-state index is -0.438. The number of halogens is 1. The zero-order valence-electron chi connectivity index (χ0n) is 15.9. The second kappa shape index (κ2) is 7.81. The third kappa shape index (κ3) is 4.38. The van der Waals surface area contributed by atoms with Crippen LogP contribution in [0.3, 0.4) is 0 Å². The molecule has 2 aromatic rings. The summed E-state index contributed by atoms with van der Waals surface area (Å²) in [6, 6.07) is 13.4. The third-order valence-corrected chi connectivity index (χ3v) is 5.76. The molecule has 0 aromatic heterocycles. The van der Waals surface area contributed by atoms with Gasteiger partial charge < -0.3 is 10.2 Å². The fraction of sp³-hybridized carbons (Fsp3) is 0.435. The number of carbonyl (C=O) groups excluding carboxylic acids is 1. The number of rotatable bonds is 5. The Morgan fingerprint density at radius 1 is 1.04 bits per heavy atom. The van der Waals surface area contributed by atoms with Gasteiger partial charge in [-0.3, -0.25) is 4.79 Å². The fourth-order valence-electron chi connectivity index (χ4n) is 3.73. The van der Waals surface area contributed by atoms with Gasteiger partial charge in [0.05, 0.1) is 5.56 Å². The van der Waals surface area contributed by atoms with Gasteiger partial charge in [-0.15, -0.1) is 0 Å². The molecule has 2 fully saturated rings. The molecule has 0 spiro atoms. The van der Waals surface area contributed by atoms with Crippen LogP contribution >= 0.6 is 0 Å². The molecular weight excluding hydrogens is 339 g/mol. The van der Waals surface area contributed by atoms with E-state index in [1.807, 2.05) is 37.3 Å². The lowest BCUT2D eigenvalue weighted by Gasteiger charge is -2.32. The molecular formula is C23H27FN2O. The SMILES string of the molecule is Cc1ccc(-c2ccc(C(=O)N3CCC(NCC4CC4)CC3)c(F)c2)cc1. The summed E-state index contributed by atoms with van der Waals surface area (Å²) in [6.45, 7) is 4.52. The van der Waals surface area contributed by atoms with Crippen LogP contribution in [0.5, 0.6) is 0 Å². The number of carbonyl (C=O) groups is 1. The van der Waals surface area contributed by atoms with Crippen LogP contribution in [-0.2, 0) is 0 Å². The number of hydrogen-bond donors (Lipinski definition) is 1. The number of hydrogen-bond acceptors (Lipinski definition) is 2. The van der Waals surface area contributed by atoms with Crippen LogP contribution in [0.15, 0.2) is 42.5 Å². The highest BCUT2D eigenvalue weighted by molar-refractivity contribution is 5.95. The number of likely N-dealkylation sites (tertiary alicyclic amines) is 1. The summed E-state index contributed by atoms with van der Waals surface area (Å²) in [7, 11) is 0. The van der Waals surface area contributed by atoms with Gasteiger partial charge in [-0.1, -0.05) is 35.9 Å². The first kappa shape index (κ1) is 18.2. The van der Waals surface area contributed by atoms with Gasteiger partial charge in [0, 0.05) is 19.1 Å². The topological polar surface area (TPSA) is 32.3 Å². The van der Waals surface area contributed by atoms with Gasteiger partial charge in [0.1, 0.15) is 5.82 Å². The highest BCUT2D eigenvalue weighted by Crippen LogP contribution is 2.28. The second-order valence-corrected chi connectivity index (χ2v) is 7.98. The number of piperidine rings is 1. The van der Waals surface area contributed by atoms with Gasteiger partial charge in [-0.2, -0.15) is 0 Å². The van der Waals surface area contributed by atoms with Crippen LogP contribution in [0.25, 0.3) is 11.1 Å². The summed E-state index contributed by atoms with van der Waals surface area (Å²) in [5, 5.41) is 3.61. The van der Waals surface area contributed by atoms with Gasteiger partial charge in [-0.25, -0.2) is 4.39 Å². The van der Waals surface area contributed by atoms with E-state index < -0.39 is 5.82 Å². The summed E-state index contributed by atoms with van der Waals surface area (Å²) < 4.78 is 14.7. The Hall–Kier alpha value is -2.20. The average molecular weight is 366 g/mol. The number of nitrogens with zero attached hydrogens (tertiary/aromatic N) is 1. The van der Waals surface area contributed by atoms with Crippen molar-refractivity contribution in [3.63, 3.8) is 0 Å². The lowest BCUT2D eigenvalue weighted by molar-refractivity contribution is 0.0700. The van der Waals surface area contributed by atoms with Gasteiger partial charge in [-0.05, 0) is 68.3 Å². The van der Waals surface area contributed by atoms with Crippen molar-refractivity contribution in [3.8, 4) is 11.1 Å². The Labute approximate surface area is 160 Å². The summed E-state index contributed by atoms with van der Waals surface area (Å²) in [5.74, 6) is 0.237. The Morgan fingerprint density at radius 3 is 2.33 bits per heavy atom. The summed E-state index contributed by atoms with van der Waals surface area (Å²) in [4.78, 5) is 14.6. The standard InChI is InChI=1S/C23H27FN2O/c1-16-2-6-18(7-3-16)19-8-9-21(22(24)14-19)23(27)26-12-10-20(11-13-26)25-15-17-4-5-17/h2-3,6-9,14,17,20,25H,4-5,10-13,15H2,1H3. The first-order valence-electron chi connectivity index (χ1n) is 9.99. The molecule has 2 aliphatic rings. The molecule has 4 rings (SSSR count). The van der Waals surface area contributed by atoms with Crippen molar-refractivity contribution in [1.29, 1.82) is 0 Å². The Bertz CT molecular complexity index is 806. The highest BCUT2D eigenvalue weighted by Gasteiger charge is 2.27. The normalized spacial score (nSPS) is 17.9. The molecule has 0 atom stereocenters. The van der Waals surface area contributed by atoms with Gasteiger partial charge in [0.2, 0.25) is 0 Å². The maximum atomic E-state index is 14.7. The van der Waals surface area contributed by atoms with Gasteiger partial charge in [0.25, 0.3) is 5.91 Å². The van der Waals surface area contributed by atoms with E-state index in [0.29, 0.717) is 19.1 Å². The molecule has 142 valence electrons. The predicted octanol–water partition coefficient (Wildman–Crippen LogP) is 4.41. The minimum absolute atomic E-state index is 0.176. The van der Waals surface area contributed by atoms with Crippen molar-refractivity contribution in [1.82, 2.24) is 10.2 Å². The molecule has 1 N–H and O–H groups in total. The van der Waals surface area contributed by atoms with Crippen molar-refractivity contribution in [2.75, 3.05) is 19.6 Å². The zero-order valence-corrected chi connectivity index (χ0v) is 15.9. The van der Waals surface area contributed by atoms with E-state index in [1.165, 1.54) is 24.5 Å². The van der Waals surface area contributed by atoms with Gasteiger partial charge in [0.15, 0.2) is 0 Å². The monoisotopic (exact) mass is 366 g/mol. The first-order chi connectivity index (χ1) is 13.1. The quantitative estimate of drug-likeness (QED) is 0.850. The molecule has 0 radical (unpaired) electrons. The Kier molecular flexibility index (Phi) is 5.26. The number of amides is 1. The number of benzene rings is 2. The van der Waals surface area contributed by atoms with Crippen molar-refractivity contribution < 1.29 is 9.18 Å². The Balaban J connectivity index is 1.39. The predicted molar refractivity (Wildman–Crippen MR) is 106 cm³/mol. The van der Waals surface area contributed by atoms with Crippen LogP contribution in [0.2, 0.25) is 0 Å². The molecule has 1 aliphatic heterocycles. The first-order valence-corrected chi connectivity index (χ1v) is 9.99. The van der Waals surface area contributed by atoms with Crippen LogP contribution in [0.1, 0.15) is 41.6 Å². The van der Waals surface area contributed by atoms with E-state index in [4.69, 9.17) is 0 Å². The smallest absolute Gasteiger partial charge is 0.256 e. The molecule has 1 saturated carbocycles. The molecule has 0 bridgehead atoms. The van der Waals surface area contributed by atoms with Crippen LogP contribution < -0.4 is 5.32 Å². The molecule has 4 heteroatoms. The molecule has 1 heterocycles. The maximum absolute atomic E-state index is 14.7. The van der Waals surface area contributed by atoms with E-state index in [0.717, 1.165) is 36.4 Å². The van der Waals surface area contributed by atoms with E-state index in [1.54, 1.807) is 11.0 Å². The molecule has 27 heavy (non-hydrogen) atoms. The molecule has 1 amide bonds. The summed E-state index contributed by atoms with van der Waals surface area (Å²) in [6.07, 6.45) is 4.59. The van der Waals surface area contributed by atoms with Crippen LogP contribution in [0, 0.1) is 18.7 Å². The lowest BCUT2D eigenvalue weighted by Crippen LogP contribution is -2.45. The molecule has 1 saturated heterocycles. The third-order valence-electron chi connectivity index (χ3n) is 5.76.